The topological polar surface area (TPSA) is 38.7 Å². The highest BCUT2D eigenvalue weighted by Crippen LogP contribution is 2.19. The SMILES string of the molecule is COc1ccccc1COC(C)(C)O. The van der Waals surface area contributed by atoms with E-state index in [0.717, 1.165) is 11.3 Å². The Kier molecular flexibility index (Phi) is 3.49. The largest absolute Gasteiger partial charge is 0.496 e. The van der Waals surface area contributed by atoms with E-state index in [-0.39, 0.29) is 0 Å². The molecule has 3 nitrogen and oxygen atoms in total. The van der Waals surface area contributed by atoms with Crippen molar-refractivity contribution in [1.82, 2.24) is 0 Å². The number of methoxy groups -OCH3 is 1. The Labute approximate surface area is 84.3 Å². The van der Waals surface area contributed by atoms with Crippen LogP contribution < -0.4 is 4.74 Å². The van der Waals surface area contributed by atoms with Crippen molar-refractivity contribution < 1.29 is 14.6 Å². The summed E-state index contributed by atoms with van der Waals surface area (Å²) in [6, 6.07) is 7.58. The van der Waals surface area contributed by atoms with Crippen molar-refractivity contribution in [3.63, 3.8) is 0 Å². The minimum atomic E-state index is -1.11. The molecule has 1 aromatic rings. The normalized spacial score (nSPS) is 11.4. The highest BCUT2D eigenvalue weighted by molar-refractivity contribution is 5.32. The molecule has 0 aromatic heterocycles. The summed E-state index contributed by atoms with van der Waals surface area (Å²) in [4.78, 5) is 0. The number of hydrogen-bond acceptors (Lipinski definition) is 3. The van der Waals surface area contributed by atoms with Crippen LogP contribution in [0.15, 0.2) is 24.3 Å². The second-order valence-electron chi connectivity index (χ2n) is 3.55. The molecule has 0 aliphatic heterocycles. The molecule has 14 heavy (non-hydrogen) atoms. The summed E-state index contributed by atoms with van der Waals surface area (Å²) < 4.78 is 10.4. The lowest BCUT2D eigenvalue weighted by Gasteiger charge is -2.18. The second kappa shape index (κ2) is 4.44. The monoisotopic (exact) mass is 196 g/mol. The van der Waals surface area contributed by atoms with E-state index in [0.29, 0.717) is 6.61 Å². The van der Waals surface area contributed by atoms with Crippen LogP contribution in [0.4, 0.5) is 0 Å². The summed E-state index contributed by atoms with van der Waals surface area (Å²) in [5.74, 6) is -0.335. The predicted molar refractivity (Wildman–Crippen MR) is 54.1 cm³/mol. The first-order chi connectivity index (χ1) is 6.53. The molecule has 0 aliphatic carbocycles. The molecular formula is C11H16O3. The quantitative estimate of drug-likeness (QED) is 0.748. The van der Waals surface area contributed by atoms with E-state index in [1.54, 1.807) is 21.0 Å². The lowest BCUT2D eigenvalue weighted by molar-refractivity contribution is -0.183. The number of hydrogen-bond donors (Lipinski definition) is 1. The Hall–Kier alpha value is -1.06. The number of aliphatic hydroxyl groups is 1. The van der Waals surface area contributed by atoms with Gasteiger partial charge in [0.25, 0.3) is 0 Å². The van der Waals surface area contributed by atoms with E-state index in [1.807, 2.05) is 24.3 Å². The molecule has 0 unspecified atom stereocenters. The van der Waals surface area contributed by atoms with Crippen molar-refractivity contribution in [2.45, 2.75) is 26.2 Å². The zero-order valence-electron chi connectivity index (χ0n) is 8.78. The zero-order chi connectivity index (χ0) is 10.6. The third kappa shape index (κ3) is 3.36. The molecule has 0 atom stereocenters. The van der Waals surface area contributed by atoms with Gasteiger partial charge in [0.2, 0.25) is 0 Å². The molecule has 0 aliphatic rings. The van der Waals surface area contributed by atoms with Gasteiger partial charge in [-0.3, -0.25) is 0 Å². The standard InChI is InChI=1S/C11H16O3/c1-11(2,12)14-8-9-6-4-5-7-10(9)13-3/h4-7,12H,8H2,1-3H3. The van der Waals surface area contributed by atoms with Crippen LogP contribution >= 0.6 is 0 Å². The van der Waals surface area contributed by atoms with E-state index in [1.165, 1.54) is 0 Å². The Bertz CT molecular complexity index is 289. The van der Waals surface area contributed by atoms with Gasteiger partial charge >= 0.3 is 0 Å². The smallest absolute Gasteiger partial charge is 0.160 e. The molecule has 78 valence electrons. The number of ether oxygens (including phenoxy) is 2. The summed E-state index contributed by atoms with van der Waals surface area (Å²) in [6.07, 6.45) is 0. The van der Waals surface area contributed by atoms with E-state index in [2.05, 4.69) is 0 Å². The highest BCUT2D eigenvalue weighted by Gasteiger charge is 2.13. The van der Waals surface area contributed by atoms with Crippen molar-refractivity contribution in [1.29, 1.82) is 0 Å². The lowest BCUT2D eigenvalue weighted by Crippen LogP contribution is -2.22. The summed E-state index contributed by atoms with van der Waals surface area (Å²) in [5, 5.41) is 9.38. The van der Waals surface area contributed by atoms with Crippen LogP contribution in [0.2, 0.25) is 0 Å². The van der Waals surface area contributed by atoms with Crippen LogP contribution in [0.5, 0.6) is 5.75 Å². The van der Waals surface area contributed by atoms with Crippen LogP contribution in [0.3, 0.4) is 0 Å². The van der Waals surface area contributed by atoms with Gasteiger partial charge < -0.3 is 14.6 Å². The van der Waals surface area contributed by atoms with E-state index in [9.17, 15) is 5.11 Å². The van der Waals surface area contributed by atoms with Crippen molar-refractivity contribution in [2.24, 2.45) is 0 Å². The summed E-state index contributed by atoms with van der Waals surface area (Å²) in [6.45, 7) is 3.54. The molecule has 0 spiro atoms. The van der Waals surface area contributed by atoms with Gasteiger partial charge in [0, 0.05) is 5.56 Å². The summed E-state index contributed by atoms with van der Waals surface area (Å²) in [5.41, 5.74) is 0.928. The fourth-order valence-electron chi connectivity index (χ4n) is 1.08. The Morgan fingerprint density at radius 2 is 1.93 bits per heavy atom. The van der Waals surface area contributed by atoms with Gasteiger partial charge in [0.15, 0.2) is 5.79 Å². The van der Waals surface area contributed by atoms with Gasteiger partial charge in [-0.15, -0.1) is 0 Å². The predicted octanol–water partition coefficient (Wildman–Crippen LogP) is 1.94. The highest BCUT2D eigenvalue weighted by atomic mass is 16.6. The average Bonchev–Trinajstić information content (AvgIpc) is 2.14. The van der Waals surface area contributed by atoms with Gasteiger partial charge in [-0.25, -0.2) is 0 Å². The molecule has 0 saturated carbocycles. The van der Waals surface area contributed by atoms with Crippen LogP contribution in [-0.4, -0.2) is 18.0 Å². The molecule has 1 aromatic carbocycles. The van der Waals surface area contributed by atoms with Gasteiger partial charge in [-0.1, -0.05) is 18.2 Å². The molecule has 0 heterocycles. The van der Waals surface area contributed by atoms with Gasteiger partial charge in [-0.05, 0) is 19.9 Å². The number of para-hydroxylation sites is 1. The number of benzene rings is 1. The third-order valence-electron chi connectivity index (χ3n) is 1.77. The molecule has 0 radical (unpaired) electrons. The third-order valence-corrected chi connectivity index (χ3v) is 1.77. The van der Waals surface area contributed by atoms with E-state index >= 15 is 0 Å². The molecule has 0 saturated heterocycles. The summed E-state index contributed by atoms with van der Waals surface area (Å²) >= 11 is 0. The second-order valence-corrected chi connectivity index (χ2v) is 3.55. The van der Waals surface area contributed by atoms with Crippen LogP contribution in [0.25, 0.3) is 0 Å². The molecule has 1 N–H and O–H groups in total. The van der Waals surface area contributed by atoms with Gasteiger partial charge in [0.05, 0.1) is 13.7 Å². The number of rotatable bonds is 4. The van der Waals surface area contributed by atoms with Crippen molar-refractivity contribution >= 4 is 0 Å². The molecule has 1 rings (SSSR count). The van der Waals surface area contributed by atoms with Crippen molar-refractivity contribution in [3.8, 4) is 5.75 Å². The fraction of sp³-hybridized carbons (Fsp3) is 0.455. The maximum absolute atomic E-state index is 9.38. The Balaban J connectivity index is 2.67. The van der Waals surface area contributed by atoms with Crippen molar-refractivity contribution in [2.75, 3.05) is 7.11 Å². The minimum absolute atomic E-state index is 0.341. The Morgan fingerprint density at radius 3 is 2.50 bits per heavy atom. The zero-order valence-corrected chi connectivity index (χ0v) is 8.78. The molecule has 0 bridgehead atoms. The maximum Gasteiger partial charge on any atom is 0.160 e. The van der Waals surface area contributed by atoms with E-state index < -0.39 is 5.79 Å². The summed E-state index contributed by atoms with van der Waals surface area (Å²) in [7, 11) is 1.61. The van der Waals surface area contributed by atoms with Crippen LogP contribution in [0, 0.1) is 0 Å². The lowest BCUT2D eigenvalue weighted by atomic mass is 10.2. The van der Waals surface area contributed by atoms with Crippen LogP contribution in [-0.2, 0) is 11.3 Å². The molecule has 0 amide bonds. The molecule has 3 heteroatoms. The van der Waals surface area contributed by atoms with Crippen LogP contribution in [0.1, 0.15) is 19.4 Å². The fourth-order valence-corrected chi connectivity index (χ4v) is 1.08. The molecular weight excluding hydrogens is 180 g/mol. The molecule has 0 fully saturated rings. The average molecular weight is 196 g/mol. The van der Waals surface area contributed by atoms with Crippen molar-refractivity contribution in [3.05, 3.63) is 29.8 Å². The first kappa shape index (κ1) is 11.0. The minimum Gasteiger partial charge on any atom is -0.496 e. The van der Waals surface area contributed by atoms with Gasteiger partial charge in [-0.2, -0.15) is 0 Å². The first-order valence-electron chi connectivity index (χ1n) is 4.51. The maximum atomic E-state index is 9.38. The Morgan fingerprint density at radius 1 is 1.29 bits per heavy atom. The van der Waals surface area contributed by atoms with E-state index in [4.69, 9.17) is 9.47 Å². The van der Waals surface area contributed by atoms with Gasteiger partial charge in [0.1, 0.15) is 5.75 Å². The first-order valence-corrected chi connectivity index (χ1v) is 4.51.